The maximum atomic E-state index is 13.3. The molecule has 0 aliphatic carbocycles. The fourth-order valence-electron chi connectivity index (χ4n) is 3.72. The molecule has 142 valence electrons. The minimum absolute atomic E-state index is 0.0179. The summed E-state index contributed by atoms with van der Waals surface area (Å²) in [6.07, 6.45) is 0.479. The molecule has 1 aromatic rings. The molecule has 1 N–H and O–H groups in total. The Labute approximate surface area is 152 Å². The Balaban J connectivity index is 1.35. The summed E-state index contributed by atoms with van der Waals surface area (Å²) >= 11 is 0. The number of carbonyl (C=O) groups excluding carboxylic acids is 1. The van der Waals surface area contributed by atoms with Gasteiger partial charge in [-0.3, -0.25) is 4.79 Å². The van der Waals surface area contributed by atoms with Crippen molar-refractivity contribution in [3.8, 4) is 0 Å². The minimum Gasteiger partial charge on any atom is -0.380 e. The van der Waals surface area contributed by atoms with Crippen LogP contribution in [0.5, 0.6) is 0 Å². The number of amides is 1. The van der Waals surface area contributed by atoms with Crippen LogP contribution in [0.3, 0.4) is 0 Å². The van der Waals surface area contributed by atoms with Crippen LogP contribution in [-0.2, 0) is 19.7 Å². The summed E-state index contributed by atoms with van der Waals surface area (Å²) in [5.74, 6) is -0.969. The molecule has 3 heterocycles. The van der Waals surface area contributed by atoms with Crippen LogP contribution in [0, 0.1) is 24.1 Å². The zero-order valence-corrected chi connectivity index (χ0v) is 15.4. The Morgan fingerprint density at radius 2 is 2.04 bits per heavy atom. The molecule has 0 bridgehead atoms. The molecule has 1 unspecified atom stereocenters. The lowest BCUT2D eigenvalue weighted by Gasteiger charge is -2.54. The van der Waals surface area contributed by atoms with Gasteiger partial charge in [-0.15, -0.1) is 0 Å². The summed E-state index contributed by atoms with van der Waals surface area (Å²) in [5, 5.41) is 2.76. The molecular weight excluding hydrogens is 361 g/mol. The van der Waals surface area contributed by atoms with E-state index in [9.17, 15) is 17.6 Å². The molecule has 0 saturated carbocycles. The van der Waals surface area contributed by atoms with Crippen molar-refractivity contribution in [2.75, 3.05) is 44.7 Å². The molecule has 4 rings (SSSR count). The number of hydrogen-bond donors (Lipinski definition) is 1. The lowest BCUT2D eigenvalue weighted by Crippen LogP contribution is -2.68. The van der Waals surface area contributed by atoms with Gasteiger partial charge in [-0.2, -0.15) is 17.0 Å². The van der Waals surface area contributed by atoms with Crippen LogP contribution in [0.1, 0.15) is 12.0 Å². The minimum atomic E-state index is -3.52. The van der Waals surface area contributed by atoms with E-state index in [-0.39, 0.29) is 23.7 Å². The molecule has 3 saturated heterocycles. The van der Waals surface area contributed by atoms with Gasteiger partial charge in [0.05, 0.1) is 19.1 Å². The maximum absolute atomic E-state index is 13.3. The summed E-state index contributed by atoms with van der Waals surface area (Å²) in [6.45, 7) is 4.39. The third kappa shape index (κ3) is 3.02. The van der Waals surface area contributed by atoms with Crippen molar-refractivity contribution in [3.05, 3.63) is 29.6 Å². The van der Waals surface area contributed by atoms with Crippen molar-refractivity contribution < 1.29 is 22.3 Å². The number of ether oxygens (including phenoxy) is 1. The van der Waals surface area contributed by atoms with Gasteiger partial charge in [0, 0.05) is 37.3 Å². The fourth-order valence-corrected chi connectivity index (χ4v) is 5.63. The number of nitrogens with one attached hydrogen (secondary N) is 1. The van der Waals surface area contributed by atoms with Gasteiger partial charge in [-0.25, -0.2) is 4.39 Å². The quantitative estimate of drug-likeness (QED) is 0.840. The second-order valence-corrected chi connectivity index (χ2v) is 9.49. The van der Waals surface area contributed by atoms with Crippen molar-refractivity contribution >= 4 is 21.8 Å². The first kappa shape index (κ1) is 17.8. The van der Waals surface area contributed by atoms with Crippen molar-refractivity contribution in [1.82, 2.24) is 8.61 Å². The number of nitrogens with zero attached hydrogens (tertiary/aromatic N) is 2. The molecule has 7 nitrogen and oxygen atoms in total. The molecule has 9 heteroatoms. The smallest absolute Gasteiger partial charge is 0.282 e. The molecule has 1 atom stereocenters. The summed E-state index contributed by atoms with van der Waals surface area (Å²) in [5.41, 5.74) is 0.985. The van der Waals surface area contributed by atoms with E-state index >= 15 is 0 Å². The monoisotopic (exact) mass is 383 g/mol. The predicted octanol–water partition coefficient (Wildman–Crippen LogP) is 0.972. The molecule has 0 aromatic heterocycles. The van der Waals surface area contributed by atoms with Crippen molar-refractivity contribution in [1.29, 1.82) is 0 Å². The normalized spacial score (nSPS) is 25.7. The SMILES string of the molecule is Cc1cc(NC(=O)C2CCN(S(=O)(=O)N3CC4(COC4)C3)C2)ccc1F. The van der Waals surface area contributed by atoms with Gasteiger partial charge in [0.15, 0.2) is 0 Å². The van der Waals surface area contributed by atoms with Gasteiger partial charge in [0.25, 0.3) is 10.2 Å². The van der Waals surface area contributed by atoms with E-state index in [1.165, 1.54) is 20.7 Å². The molecule has 26 heavy (non-hydrogen) atoms. The van der Waals surface area contributed by atoms with E-state index in [1.54, 1.807) is 13.0 Å². The molecule has 3 aliphatic heterocycles. The number of rotatable bonds is 4. The molecule has 0 radical (unpaired) electrons. The zero-order chi connectivity index (χ0) is 18.5. The van der Waals surface area contributed by atoms with Gasteiger partial charge in [0.1, 0.15) is 5.82 Å². The first-order chi connectivity index (χ1) is 12.3. The second-order valence-electron chi connectivity index (χ2n) is 7.57. The summed E-state index contributed by atoms with van der Waals surface area (Å²) in [6, 6.07) is 4.38. The molecular formula is C17H22FN3O4S. The van der Waals surface area contributed by atoms with Gasteiger partial charge in [0.2, 0.25) is 5.91 Å². The number of anilines is 1. The average Bonchev–Trinajstić information content (AvgIpc) is 2.98. The van der Waals surface area contributed by atoms with Crippen LogP contribution < -0.4 is 5.32 Å². The maximum Gasteiger partial charge on any atom is 0.282 e. The summed E-state index contributed by atoms with van der Waals surface area (Å²) in [4.78, 5) is 12.4. The third-order valence-electron chi connectivity index (χ3n) is 5.44. The van der Waals surface area contributed by atoms with Crippen LogP contribution in [-0.4, -0.2) is 62.3 Å². The van der Waals surface area contributed by atoms with E-state index in [1.807, 2.05) is 0 Å². The highest BCUT2D eigenvalue weighted by atomic mass is 32.2. The van der Waals surface area contributed by atoms with Crippen LogP contribution in [0.2, 0.25) is 0 Å². The lowest BCUT2D eigenvalue weighted by molar-refractivity contribution is -0.167. The Hall–Kier alpha value is -1.55. The molecule has 1 aromatic carbocycles. The second kappa shape index (κ2) is 6.26. The van der Waals surface area contributed by atoms with E-state index in [0.717, 1.165) is 0 Å². The fraction of sp³-hybridized carbons (Fsp3) is 0.588. The number of benzene rings is 1. The van der Waals surface area contributed by atoms with Crippen molar-refractivity contribution in [3.63, 3.8) is 0 Å². The topological polar surface area (TPSA) is 79.0 Å². The Morgan fingerprint density at radius 1 is 1.31 bits per heavy atom. The number of carbonyl (C=O) groups is 1. The standard InChI is InChI=1S/C17H22FN3O4S/c1-12-6-14(2-3-15(12)18)19-16(22)13-4-5-20(7-13)26(23,24)21-8-17(9-21)10-25-11-17/h2-3,6,13H,4-5,7-11H2,1H3,(H,19,22). The predicted molar refractivity (Wildman–Crippen MR) is 93.2 cm³/mol. The van der Waals surface area contributed by atoms with Gasteiger partial charge < -0.3 is 10.1 Å². The number of halogens is 1. The first-order valence-corrected chi connectivity index (χ1v) is 10.1. The van der Waals surface area contributed by atoms with E-state index in [4.69, 9.17) is 4.74 Å². The van der Waals surface area contributed by atoms with Crippen LogP contribution in [0.4, 0.5) is 10.1 Å². The van der Waals surface area contributed by atoms with E-state index in [2.05, 4.69) is 5.32 Å². The highest BCUT2D eigenvalue weighted by Gasteiger charge is 2.54. The Bertz CT molecular complexity index is 832. The molecule has 1 amide bonds. The molecule has 1 spiro atoms. The van der Waals surface area contributed by atoms with E-state index < -0.39 is 16.1 Å². The summed E-state index contributed by atoms with van der Waals surface area (Å²) < 4.78 is 46.7. The van der Waals surface area contributed by atoms with Crippen LogP contribution in [0.15, 0.2) is 18.2 Å². The van der Waals surface area contributed by atoms with Gasteiger partial charge in [-0.05, 0) is 37.1 Å². The summed E-state index contributed by atoms with van der Waals surface area (Å²) in [7, 11) is -3.52. The highest BCUT2D eigenvalue weighted by Crippen LogP contribution is 2.40. The number of aryl methyl sites for hydroxylation is 1. The highest BCUT2D eigenvalue weighted by molar-refractivity contribution is 7.86. The van der Waals surface area contributed by atoms with Crippen LogP contribution >= 0.6 is 0 Å². The van der Waals surface area contributed by atoms with Gasteiger partial charge >= 0.3 is 0 Å². The first-order valence-electron chi connectivity index (χ1n) is 8.69. The molecule has 3 fully saturated rings. The zero-order valence-electron chi connectivity index (χ0n) is 14.6. The van der Waals surface area contributed by atoms with Crippen molar-refractivity contribution in [2.45, 2.75) is 13.3 Å². The largest absolute Gasteiger partial charge is 0.380 e. The van der Waals surface area contributed by atoms with E-state index in [0.29, 0.717) is 50.5 Å². The average molecular weight is 383 g/mol. The van der Waals surface area contributed by atoms with Crippen molar-refractivity contribution in [2.24, 2.45) is 11.3 Å². The van der Waals surface area contributed by atoms with Crippen LogP contribution in [0.25, 0.3) is 0 Å². The Morgan fingerprint density at radius 3 is 2.65 bits per heavy atom. The lowest BCUT2D eigenvalue weighted by atomic mass is 9.80. The molecule has 3 aliphatic rings. The van der Waals surface area contributed by atoms with Gasteiger partial charge in [-0.1, -0.05) is 0 Å². The Kier molecular flexibility index (Phi) is 4.30. The number of hydrogen-bond acceptors (Lipinski definition) is 4. The third-order valence-corrected chi connectivity index (χ3v) is 7.33.